The van der Waals surface area contributed by atoms with Gasteiger partial charge >= 0.3 is 11.9 Å². The van der Waals surface area contributed by atoms with Gasteiger partial charge in [-0.2, -0.15) is 0 Å². The van der Waals surface area contributed by atoms with Crippen molar-refractivity contribution in [1.29, 1.82) is 0 Å². The SMILES string of the molecule is CCC(C)CCCCCCCCC(=O)OC[C@@H](O)COC(=O)CCCCCCCCCCCC(C)C. The highest BCUT2D eigenvalue weighted by atomic mass is 16.6. The van der Waals surface area contributed by atoms with Gasteiger partial charge in [-0.1, -0.05) is 130 Å². The van der Waals surface area contributed by atoms with Gasteiger partial charge in [0.15, 0.2) is 0 Å². The van der Waals surface area contributed by atoms with Crippen LogP contribution in [0.5, 0.6) is 0 Å². The van der Waals surface area contributed by atoms with Gasteiger partial charge in [-0.25, -0.2) is 0 Å². The first kappa shape index (κ1) is 34.9. The Balaban J connectivity index is 3.46. The molecule has 214 valence electrons. The van der Waals surface area contributed by atoms with Crippen molar-refractivity contribution in [3.05, 3.63) is 0 Å². The first-order valence-electron chi connectivity index (χ1n) is 15.3. The molecule has 5 heteroatoms. The summed E-state index contributed by atoms with van der Waals surface area (Å²) in [6.07, 6.45) is 21.5. The predicted octanol–water partition coefficient (Wildman–Crippen LogP) is 8.55. The number of ether oxygens (including phenoxy) is 2. The standard InChI is InChI=1S/C31H60O5/c1-5-28(4)22-18-14-11-12-16-20-24-31(34)36-26-29(32)25-35-30(33)23-19-15-10-8-6-7-9-13-17-21-27(2)3/h27-29,32H,5-26H2,1-4H3/t28?,29-/m0/s1. The lowest BCUT2D eigenvalue weighted by molar-refractivity contribution is -0.152. The third-order valence-electron chi connectivity index (χ3n) is 7.06. The molecule has 0 heterocycles. The molecule has 0 aromatic rings. The van der Waals surface area contributed by atoms with E-state index < -0.39 is 6.10 Å². The van der Waals surface area contributed by atoms with Gasteiger partial charge in [-0.05, 0) is 24.7 Å². The molecule has 0 aromatic heterocycles. The van der Waals surface area contributed by atoms with Crippen LogP contribution in [0.3, 0.4) is 0 Å². The van der Waals surface area contributed by atoms with Crippen LogP contribution in [0, 0.1) is 11.8 Å². The van der Waals surface area contributed by atoms with Crippen LogP contribution in [0.15, 0.2) is 0 Å². The Morgan fingerprint density at radius 1 is 0.583 bits per heavy atom. The number of unbranched alkanes of at least 4 members (excludes halogenated alkanes) is 13. The second-order valence-electron chi connectivity index (χ2n) is 11.3. The molecule has 0 spiro atoms. The number of aliphatic hydroxyl groups is 1. The Bertz CT molecular complexity index is 505. The molecule has 0 bridgehead atoms. The molecule has 0 aromatic carbocycles. The van der Waals surface area contributed by atoms with Gasteiger partial charge in [0, 0.05) is 12.8 Å². The van der Waals surface area contributed by atoms with Crippen LogP contribution in [0.2, 0.25) is 0 Å². The lowest BCUT2D eigenvalue weighted by Crippen LogP contribution is -2.25. The predicted molar refractivity (Wildman–Crippen MR) is 150 cm³/mol. The van der Waals surface area contributed by atoms with Crippen molar-refractivity contribution in [2.75, 3.05) is 13.2 Å². The summed E-state index contributed by atoms with van der Waals surface area (Å²) < 4.78 is 10.2. The fourth-order valence-electron chi connectivity index (χ4n) is 4.30. The fourth-order valence-corrected chi connectivity index (χ4v) is 4.30. The van der Waals surface area contributed by atoms with Crippen LogP contribution in [0.1, 0.15) is 156 Å². The molecule has 0 amide bonds. The van der Waals surface area contributed by atoms with Crippen LogP contribution in [0.4, 0.5) is 0 Å². The van der Waals surface area contributed by atoms with Gasteiger partial charge in [-0.3, -0.25) is 9.59 Å². The molecule has 36 heavy (non-hydrogen) atoms. The number of rotatable bonds is 26. The van der Waals surface area contributed by atoms with E-state index in [9.17, 15) is 14.7 Å². The Hall–Kier alpha value is -1.10. The molecule has 1 N–H and O–H groups in total. The number of aliphatic hydroxyl groups excluding tert-OH is 1. The van der Waals surface area contributed by atoms with Gasteiger partial charge in [0.1, 0.15) is 19.3 Å². The van der Waals surface area contributed by atoms with Crippen molar-refractivity contribution in [1.82, 2.24) is 0 Å². The maximum absolute atomic E-state index is 11.8. The van der Waals surface area contributed by atoms with Gasteiger partial charge in [-0.15, -0.1) is 0 Å². The molecule has 0 aliphatic carbocycles. The van der Waals surface area contributed by atoms with Crippen LogP contribution >= 0.6 is 0 Å². The van der Waals surface area contributed by atoms with Gasteiger partial charge < -0.3 is 14.6 Å². The quantitative estimate of drug-likeness (QED) is 0.0928. The third kappa shape index (κ3) is 26.0. The lowest BCUT2D eigenvalue weighted by atomic mass is 10.00. The molecule has 0 fully saturated rings. The number of esters is 2. The molecule has 0 aliphatic rings. The van der Waals surface area contributed by atoms with E-state index in [2.05, 4.69) is 27.7 Å². The minimum absolute atomic E-state index is 0.112. The van der Waals surface area contributed by atoms with Crippen molar-refractivity contribution in [2.45, 2.75) is 162 Å². The van der Waals surface area contributed by atoms with E-state index in [1.165, 1.54) is 77.0 Å². The second kappa shape index (κ2) is 25.5. The van der Waals surface area contributed by atoms with Crippen LogP contribution in [0.25, 0.3) is 0 Å². The second-order valence-corrected chi connectivity index (χ2v) is 11.3. The normalized spacial score (nSPS) is 13.1. The molecular weight excluding hydrogens is 452 g/mol. The third-order valence-corrected chi connectivity index (χ3v) is 7.06. The van der Waals surface area contributed by atoms with Gasteiger partial charge in [0.2, 0.25) is 0 Å². The van der Waals surface area contributed by atoms with E-state index >= 15 is 0 Å². The van der Waals surface area contributed by atoms with E-state index in [0.717, 1.165) is 50.4 Å². The van der Waals surface area contributed by atoms with Crippen molar-refractivity contribution in [3.8, 4) is 0 Å². The van der Waals surface area contributed by atoms with Gasteiger partial charge in [0.25, 0.3) is 0 Å². The van der Waals surface area contributed by atoms with Crippen molar-refractivity contribution in [2.24, 2.45) is 11.8 Å². The number of hydrogen-bond donors (Lipinski definition) is 1. The minimum Gasteiger partial charge on any atom is -0.463 e. The summed E-state index contributed by atoms with van der Waals surface area (Å²) in [4.78, 5) is 23.7. The maximum Gasteiger partial charge on any atom is 0.305 e. The lowest BCUT2D eigenvalue weighted by Gasteiger charge is -2.12. The van der Waals surface area contributed by atoms with E-state index in [1.807, 2.05) is 0 Å². The molecule has 0 aliphatic heterocycles. The molecule has 0 rings (SSSR count). The number of carbonyl (C=O) groups excluding carboxylic acids is 2. The zero-order chi connectivity index (χ0) is 26.9. The highest BCUT2D eigenvalue weighted by Crippen LogP contribution is 2.15. The van der Waals surface area contributed by atoms with E-state index in [0.29, 0.717) is 12.8 Å². The average molecular weight is 513 g/mol. The summed E-state index contributed by atoms with van der Waals surface area (Å²) in [5, 5.41) is 9.91. The molecular formula is C31H60O5. The van der Waals surface area contributed by atoms with Crippen LogP contribution in [-0.2, 0) is 19.1 Å². The first-order valence-corrected chi connectivity index (χ1v) is 15.3. The Morgan fingerprint density at radius 2 is 0.944 bits per heavy atom. The van der Waals surface area contributed by atoms with E-state index in [-0.39, 0.29) is 25.2 Å². The molecule has 1 unspecified atom stereocenters. The smallest absolute Gasteiger partial charge is 0.305 e. The fraction of sp³-hybridized carbons (Fsp3) is 0.935. The summed E-state index contributed by atoms with van der Waals surface area (Å²) in [5.74, 6) is 1.08. The summed E-state index contributed by atoms with van der Waals surface area (Å²) in [6.45, 7) is 8.91. The summed E-state index contributed by atoms with van der Waals surface area (Å²) in [6, 6.07) is 0. The van der Waals surface area contributed by atoms with Crippen molar-refractivity contribution >= 4 is 11.9 Å². The highest BCUT2D eigenvalue weighted by molar-refractivity contribution is 5.69. The van der Waals surface area contributed by atoms with Crippen molar-refractivity contribution < 1.29 is 24.2 Å². The van der Waals surface area contributed by atoms with Gasteiger partial charge in [0.05, 0.1) is 0 Å². The molecule has 2 atom stereocenters. The Morgan fingerprint density at radius 3 is 1.33 bits per heavy atom. The largest absolute Gasteiger partial charge is 0.463 e. The maximum atomic E-state index is 11.8. The Kier molecular flexibility index (Phi) is 24.8. The summed E-state index contributed by atoms with van der Waals surface area (Å²) in [7, 11) is 0. The molecule has 0 saturated heterocycles. The zero-order valence-corrected chi connectivity index (χ0v) is 24.4. The van der Waals surface area contributed by atoms with E-state index in [1.54, 1.807) is 0 Å². The van der Waals surface area contributed by atoms with E-state index in [4.69, 9.17) is 9.47 Å². The summed E-state index contributed by atoms with van der Waals surface area (Å²) in [5.41, 5.74) is 0. The monoisotopic (exact) mass is 512 g/mol. The van der Waals surface area contributed by atoms with Crippen LogP contribution in [-0.4, -0.2) is 36.4 Å². The zero-order valence-electron chi connectivity index (χ0n) is 24.4. The summed E-state index contributed by atoms with van der Waals surface area (Å²) >= 11 is 0. The molecule has 5 nitrogen and oxygen atoms in total. The average Bonchev–Trinajstić information content (AvgIpc) is 2.85. The number of hydrogen-bond acceptors (Lipinski definition) is 5. The Labute approximate surface area is 223 Å². The molecule has 0 saturated carbocycles. The topological polar surface area (TPSA) is 72.8 Å². The number of carbonyl (C=O) groups is 2. The van der Waals surface area contributed by atoms with Crippen molar-refractivity contribution in [3.63, 3.8) is 0 Å². The molecule has 0 radical (unpaired) electrons. The van der Waals surface area contributed by atoms with Crippen LogP contribution < -0.4 is 0 Å². The minimum atomic E-state index is -0.955. The highest BCUT2D eigenvalue weighted by Gasteiger charge is 2.12. The first-order chi connectivity index (χ1) is 17.3.